The quantitative estimate of drug-likeness (QED) is 0.181. The van der Waals surface area contributed by atoms with Crippen molar-refractivity contribution in [2.24, 2.45) is 0 Å². The van der Waals surface area contributed by atoms with E-state index in [1.54, 1.807) is 0 Å². The third-order valence-electron chi connectivity index (χ3n) is 10.8. The minimum absolute atomic E-state index is 0.648. The van der Waals surface area contributed by atoms with Crippen molar-refractivity contribution < 1.29 is 0 Å². The fourth-order valence-corrected chi connectivity index (χ4v) is 8.23. The minimum Gasteiger partial charge on any atom is -0.208 e. The van der Waals surface area contributed by atoms with Crippen LogP contribution in [0.3, 0.4) is 0 Å². The molecule has 0 atom stereocenters. The average molecular weight is 686 g/mol. The van der Waals surface area contributed by atoms with Gasteiger partial charge in [0.05, 0.1) is 0 Å². The first kappa shape index (κ1) is 30.4. The van der Waals surface area contributed by atoms with Crippen LogP contribution in [0.15, 0.2) is 188 Å². The molecule has 0 saturated heterocycles. The number of hydrogen-bond donors (Lipinski definition) is 0. The van der Waals surface area contributed by atoms with Crippen LogP contribution in [0, 0.1) is 0 Å². The maximum absolute atomic E-state index is 4.96. The zero-order valence-electron chi connectivity index (χ0n) is 29.2. The van der Waals surface area contributed by atoms with Gasteiger partial charge in [-0.05, 0) is 101 Å². The van der Waals surface area contributed by atoms with Gasteiger partial charge in [-0.25, -0.2) is 15.0 Å². The molecule has 11 rings (SSSR count). The largest absolute Gasteiger partial charge is 0.208 e. The van der Waals surface area contributed by atoms with Crippen LogP contribution in [-0.4, -0.2) is 15.0 Å². The molecule has 9 aromatic carbocycles. The molecule has 0 N–H and O–H groups in total. The number of fused-ring (bicyclic) bond motifs is 5. The van der Waals surface area contributed by atoms with Gasteiger partial charge in [0.25, 0.3) is 0 Å². The maximum Gasteiger partial charge on any atom is 0.164 e. The number of nitrogens with zero attached hydrogens (tertiary/aromatic N) is 3. The second-order valence-corrected chi connectivity index (χ2v) is 14.0. The SMILES string of the molecule is c1ccc(-c2nc(-c3ccccc3)nc(-c3ccc(-c4cc(-c5ccc6c7c(cccc57)-c5cc7ccccc7cc5-6)cc5ccccc45)cc3)n2)cc1. The van der Waals surface area contributed by atoms with Crippen LogP contribution in [0.25, 0.3) is 111 Å². The van der Waals surface area contributed by atoms with Gasteiger partial charge >= 0.3 is 0 Å². The molecule has 1 aliphatic rings. The second-order valence-electron chi connectivity index (χ2n) is 14.0. The van der Waals surface area contributed by atoms with Gasteiger partial charge in [-0.2, -0.15) is 0 Å². The zero-order chi connectivity index (χ0) is 35.6. The lowest BCUT2D eigenvalue weighted by molar-refractivity contribution is 1.07. The Labute approximate surface area is 312 Å². The van der Waals surface area contributed by atoms with Crippen LogP contribution in [-0.2, 0) is 0 Å². The third-order valence-corrected chi connectivity index (χ3v) is 10.8. The topological polar surface area (TPSA) is 38.7 Å². The first-order valence-electron chi connectivity index (χ1n) is 18.4. The molecule has 0 fully saturated rings. The molecule has 0 bridgehead atoms. The summed E-state index contributed by atoms with van der Waals surface area (Å²) in [5, 5.41) is 7.59. The summed E-state index contributed by atoms with van der Waals surface area (Å²) in [5.74, 6) is 1.96. The van der Waals surface area contributed by atoms with Crippen LogP contribution in [0.4, 0.5) is 0 Å². The molecule has 1 aliphatic carbocycles. The predicted octanol–water partition coefficient (Wildman–Crippen LogP) is 13.3. The highest BCUT2D eigenvalue weighted by molar-refractivity contribution is 6.20. The van der Waals surface area contributed by atoms with E-state index in [0.29, 0.717) is 17.5 Å². The number of benzene rings is 9. The monoisotopic (exact) mass is 685 g/mol. The molecular formula is C51H31N3. The van der Waals surface area contributed by atoms with Crippen LogP contribution >= 0.6 is 0 Å². The van der Waals surface area contributed by atoms with Crippen molar-refractivity contribution in [1.29, 1.82) is 0 Å². The van der Waals surface area contributed by atoms with Gasteiger partial charge < -0.3 is 0 Å². The summed E-state index contributed by atoms with van der Waals surface area (Å²) >= 11 is 0. The van der Waals surface area contributed by atoms with Gasteiger partial charge in [-0.1, -0.05) is 164 Å². The van der Waals surface area contributed by atoms with E-state index in [-0.39, 0.29) is 0 Å². The summed E-state index contributed by atoms with van der Waals surface area (Å²) in [4.78, 5) is 14.8. The van der Waals surface area contributed by atoms with Gasteiger partial charge in [0, 0.05) is 16.7 Å². The van der Waals surface area contributed by atoms with Crippen molar-refractivity contribution in [3.63, 3.8) is 0 Å². The summed E-state index contributed by atoms with van der Waals surface area (Å²) in [7, 11) is 0. The van der Waals surface area contributed by atoms with Crippen molar-refractivity contribution in [3.8, 4) is 78.7 Å². The lowest BCUT2D eigenvalue weighted by Gasteiger charge is -2.14. The van der Waals surface area contributed by atoms with E-state index >= 15 is 0 Å². The van der Waals surface area contributed by atoms with Gasteiger partial charge in [0.2, 0.25) is 0 Å². The van der Waals surface area contributed by atoms with Gasteiger partial charge in [0.1, 0.15) is 0 Å². The summed E-state index contributed by atoms with van der Waals surface area (Å²) < 4.78 is 0. The molecule has 0 unspecified atom stereocenters. The molecule has 1 aromatic heterocycles. The predicted molar refractivity (Wildman–Crippen MR) is 224 cm³/mol. The van der Waals surface area contributed by atoms with Gasteiger partial charge in [-0.3, -0.25) is 0 Å². The molecule has 54 heavy (non-hydrogen) atoms. The van der Waals surface area contributed by atoms with Gasteiger partial charge in [0.15, 0.2) is 17.5 Å². The standard InChI is InChI=1S/C51H31N3/c1-3-12-33(13-4-1)49-52-50(34-14-5-2-6-15-34)54-51(53-49)35-24-22-32(23-25-35)45-31-39(28-38-18-9-10-19-40(38)45)41-26-27-44-47-30-37-17-8-7-16-36(37)29-46(47)43-21-11-20-42(41)48(43)44/h1-31H. The zero-order valence-corrected chi connectivity index (χ0v) is 29.2. The number of rotatable bonds is 5. The van der Waals surface area contributed by atoms with Crippen molar-refractivity contribution in [3.05, 3.63) is 188 Å². The summed E-state index contributed by atoms with van der Waals surface area (Å²) in [6.45, 7) is 0. The smallest absolute Gasteiger partial charge is 0.164 e. The van der Waals surface area contributed by atoms with Crippen molar-refractivity contribution >= 4 is 32.3 Å². The Kier molecular flexibility index (Phi) is 6.86. The Hall–Kier alpha value is -7.23. The lowest BCUT2D eigenvalue weighted by atomic mass is 9.89. The van der Waals surface area contributed by atoms with Crippen molar-refractivity contribution in [2.45, 2.75) is 0 Å². The Balaban J connectivity index is 1.03. The molecule has 0 radical (unpaired) electrons. The van der Waals surface area contributed by atoms with E-state index in [1.807, 2.05) is 60.7 Å². The summed E-state index contributed by atoms with van der Waals surface area (Å²) in [6.07, 6.45) is 0. The van der Waals surface area contributed by atoms with Crippen LogP contribution < -0.4 is 0 Å². The van der Waals surface area contributed by atoms with Crippen LogP contribution in [0.1, 0.15) is 0 Å². The fraction of sp³-hybridized carbons (Fsp3) is 0. The first-order chi connectivity index (χ1) is 26.7. The highest BCUT2D eigenvalue weighted by Crippen LogP contribution is 2.51. The normalized spacial score (nSPS) is 11.7. The molecule has 10 aromatic rings. The molecule has 1 heterocycles. The minimum atomic E-state index is 0.648. The lowest BCUT2D eigenvalue weighted by Crippen LogP contribution is -2.00. The van der Waals surface area contributed by atoms with Crippen LogP contribution in [0.5, 0.6) is 0 Å². The average Bonchev–Trinajstić information content (AvgIpc) is 3.56. The maximum atomic E-state index is 4.96. The van der Waals surface area contributed by atoms with E-state index in [4.69, 9.17) is 15.0 Å². The second kappa shape index (κ2) is 12.2. The number of hydrogen-bond acceptors (Lipinski definition) is 3. The van der Waals surface area contributed by atoms with Crippen molar-refractivity contribution in [1.82, 2.24) is 15.0 Å². The van der Waals surface area contributed by atoms with E-state index in [9.17, 15) is 0 Å². The molecule has 3 nitrogen and oxygen atoms in total. The first-order valence-corrected chi connectivity index (χ1v) is 18.4. The third kappa shape index (κ3) is 4.94. The fourth-order valence-electron chi connectivity index (χ4n) is 8.23. The highest BCUT2D eigenvalue weighted by Gasteiger charge is 2.24. The molecule has 250 valence electrons. The highest BCUT2D eigenvalue weighted by atomic mass is 15.0. The molecule has 3 heteroatoms. The summed E-state index contributed by atoms with van der Waals surface area (Å²) in [6, 6.07) is 67.1. The van der Waals surface area contributed by atoms with Crippen LogP contribution in [0.2, 0.25) is 0 Å². The Morgan fingerprint density at radius 1 is 0.241 bits per heavy atom. The molecular weight excluding hydrogens is 655 g/mol. The van der Waals surface area contributed by atoms with Crippen molar-refractivity contribution in [2.75, 3.05) is 0 Å². The molecule has 0 saturated carbocycles. The van der Waals surface area contributed by atoms with E-state index in [2.05, 4.69) is 127 Å². The van der Waals surface area contributed by atoms with E-state index in [0.717, 1.165) is 22.3 Å². The molecule has 0 spiro atoms. The Morgan fingerprint density at radius 3 is 1.35 bits per heavy atom. The Morgan fingerprint density at radius 2 is 0.722 bits per heavy atom. The van der Waals surface area contributed by atoms with E-state index < -0.39 is 0 Å². The number of aromatic nitrogens is 3. The Bertz CT molecular complexity index is 2970. The van der Waals surface area contributed by atoms with Gasteiger partial charge in [-0.15, -0.1) is 0 Å². The summed E-state index contributed by atoms with van der Waals surface area (Å²) in [5.41, 5.74) is 12.9. The molecule has 0 amide bonds. The van der Waals surface area contributed by atoms with E-state index in [1.165, 1.54) is 71.3 Å². The molecule has 0 aliphatic heterocycles.